The molecular weight excluding hydrogens is 238 g/mol. The van der Waals surface area contributed by atoms with E-state index >= 15 is 0 Å². The van der Waals surface area contributed by atoms with Gasteiger partial charge in [-0.15, -0.1) is 0 Å². The van der Waals surface area contributed by atoms with Crippen LogP contribution in [0.2, 0.25) is 5.02 Å². The van der Waals surface area contributed by atoms with Crippen molar-refractivity contribution in [2.24, 2.45) is 5.92 Å². The zero-order valence-electron chi connectivity index (χ0n) is 10.7. The average molecular weight is 258 g/mol. The fourth-order valence-electron chi connectivity index (χ4n) is 1.92. The number of rotatable bonds is 5. The van der Waals surface area contributed by atoms with Gasteiger partial charge in [-0.25, -0.2) is 0 Å². The number of likely N-dealkylation sites (N-methyl/N-ethyl adjacent to an activating group) is 1. The van der Waals surface area contributed by atoms with Gasteiger partial charge in [0.15, 0.2) is 0 Å². The molecular formula is C13H20ClNO2. The highest BCUT2D eigenvalue weighted by atomic mass is 35.5. The van der Waals surface area contributed by atoms with E-state index in [-0.39, 0.29) is 6.04 Å². The van der Waals surface area contributed by atoms with Crippen molar-refractivity contribution in [3.05, 3.63) is 28.8 Å². The Labute approximate surface area is 108 Å². The van der Waals surface area contributed by atoms with Gasteiger partial charge in [0.25, 0.3) is 0 Å². The van der Waals surface area contributed by atoms with Crippen LogP contribution in [0.3, 0.4) is 0 Å². The molecule has 1 aromatic rings. The zero-order valence-corrected chi connectivity index (χ0v) is 11.5. The number of hydrogen-bond donors (Lipinski definition) is 2. The summed E-state index contributed by atoms with van der Waals surface area (Å²) in [5.41, 5.74) is 0.723. The lowest BCUT2D eigenvalue weighted by Crippen LogP contribution is -2.36. The maximum absolute atomic E-state index is 10.3. The van der Waals surface area contributed by atoms with Crippen LogP contribution in [-0.2, 0) is 0 Å². The van der Waals surface area contributed by atoms with Gasteiger partial charge < -0.3 is 15.2 Å². The van der Waals surface area contributed by atoms with Gasteiger partial charge in [-0.3, -0.25) is 0 Å². The molecule has 17 heavy (non-hydrogen) atoms. The highest BCUT2D eigenvalue weighted by molar-refractivity contribution is 6.31. The van der Waals surface area contributed by atoms with Crippen LogP contribution >= 0.6 is 11.6 Å². The number of aliphatic hydroxyl groups excluding tert-OH is 1. The third-order valence-electron chi connectivity index (χ3n) is 2.92. The molecule has 0 radical (unpaired) electrons. The molecule has 0 aliphatic rings. The SMILES string of the molecule is CNC(C(C)C)C(O)c1ccc(OC)cc1Cl. The van der Waals surface area contributed by atoms with Crippen molar-refractivity contribution < 1.29 is 9.84 Å². The van der Waals surface area contributed by atoms with E-state index in [2.05, 4.69) is 19.2 Å². The Hall–Kier alpha value is -0.770. The lowest BCUT2D eigenvalue weighted by atomic mass is 9.93. The second-order valence-corrected chi connectivity index (χ2v) is 4.80. The summed E-state index contributed by atoms with van der Waals surface area (Å²) in [6.07, 6.45) is -0.626. The topological polar surface area (TPSA) is 41.5 Å². The minimum atomic E-state index is -0.626. The molecule has 0 spiro atoms. The summed E-state index contributed by atoms with van der Waals surface area (Å²) in [4.78, 5) is 0. The number of benzene rings is 1. The number of ether oxygens (including phenoxy) is 1. The highest BCUT2D eigenvalue weighted by Gasteiger charge is 2.24. The Morgan fingerprint density at radius 3 is 2.41 bits per heavy atom. The maximum Gasteiger partial charge on any atom is 0.120 e. The molecule has 96 valence electrons. The zero-order chi connectivity index (χ0) is 13.0. The molecule has 0 aliphatic heterocycles. The Bertz CT molecular complexity index is 368. The smallest absolute Gasteiger partial charge is 0.120 e. The van der Waals surface area contributed by atoms with Crippen LogP contribution in [0.5, 0.6) is 5.75 Å². The van der Waals surface area contributed by atoms with Crippen LogP contribution in [0.1, 0.15) is 25.5 Å². The number of halogens is 1. The average Bonchev–Trinajstić information content (AvgIpc) is 2.28. The first-order valence-corrected chi connectivity index (χ1v) is 6.07. The molecule has 0 bridgehead atoms. The molecule has 2 N–H and O–H groups in total. The molecule has 2 unspecified atom stereocenters. The van der Waals surface area contributed by atoms with Gasteiger partial charge in [-0.2, -0.15) is 0 Å². The van der Waals surface area contributed by atoms with E-state index < -0.39 is 6.10 Å². The first kappa shape index (κ1) is 14.3. The predicted octanol–water partition coefficient (Wildman–Crippen LogP) is 2.63. The van der Waals surface area contributed by atoms with Crippen molar-refractivity contribution in [3.63, 3.8) is 0 Å². The van der Waals surface area contributed by atoms with E-state index in [9.17, 15) is 5.11 Å². The lowest BCUT2D eigenvalue weighted by molar-refractivity contribution is 0.110. The van der Waals surface area contributed by atoms with Gasteiger partial charge in [0.2, 0.25) is 0 Å². The summed E-state index contributed by atoms with van der Waals surface area (Å²) in [5.74, 6) is 1.00. The quantitative estimate of drug-likeness (QED) is 0.852. The summed E-state index contributed by atoms with van der Waals surface area (Å²) in [6.45, 7) is 4.11. The standard InChI is InChI=1S/C13H20ClNO2/c1-8(2)12(15-3)13(16)10-6-5-9(17-4)7-11(10)14/h5-8,12-13,15-16H,1-4H3. The van der Waals surface area contributed by atoms with E-state index in [1.165, 1.54) is 0 Å². The third-order valence-corrected chi connectivity index (χ3v) is 3.25. The third kappa shape index (κ3) is 3.35. The largest absolute Gasteiger partial charge is 0.497 e. The Balaban J connectivity index is 2.99. The number of methoxy groups -OCH3 is 1. The summed E-state index contributed by atoms with van der Waals surface area (Å²) >= 11 is 6.14. The van der Waals surface area contributed by atoms with Crippen LogP contribution in [0.15, 0.2) is 18.2 Å². The normalized spacial score (nSPS) is 14.8. The molecule has 0 aromatic heterocycles. The van der Waals surface area contributed by atoms with Gasteiger partial charge in [0.1, 0.15) is 5.75 Å². The molecule has 3 nitrogen and oxygen atoms in total. The predicted molar refractivity (Wildman–Crippen MR) is 70.6 cm³/mol. The van der Waals surface area contributed by atoms with E-state index in [1.807, 2.05) is 7.05 Å². The van der Waals surface area contributed by atoms with Crippen molar-refractivity contribution in [3.8, 4) is 5.75 Å². The molecule has 0 saturated heterocycles. The molecule has 4 heteroatoms. The molecule has 2 atom stereocenters. The van der Waals surface area contributed by atoms with Crippen LogP contribution in [-0.4, -0.2) is 25.3 Å². The molecule has 0 fully saturated rings. The van der Waals surface area contributed by atoms with E-state index in [4.69, 9.17) is 16.3 Å². The fourth-order valence-corrected chi connectivity index (χ4v) is 2.21. The van der Waals surface area contributed by atoms with Gasteiger partial charge in [0, 0.05) is 11.6 Å². The number of nitrogens with one attached hydrogen (secondary N) is 1. The van der Waals surface area contributed by atoms with Crippen molar-refractivity contribution in [1.29, 1.82) is 0 Å². The maximum atomic E-state index is 10.3. The molecule has 1 aromatic carbocycles. The van der Waals surface area contributed by atoms with E-state index in [0.29, 0.717) is 16.7 Å². The summed E-state index contributed by atoms with van der Waals surface area (Å²) in [5, 5.41) is 13.9. The summed E-state index contributed by atoms with van der Waals surface area (Å²) in [7, 11) is 3.43. The summed E-state index contributed by atoms with van der Waals surface area (Å²) < 4.78 is 5.08. The molecule has 1 rings (SSSR count). The van der Waals surface area contributed by atoms with Crippen LogP contribution < -0.4 is 10.1 Å². The van der Waals surface area contributed by atoms with Gasteiger partial charge in [0.05, 0.1) is 18.2 Å². The Kier molecular flexibility index (Phi) is 5.25. The van der Waals surface area contributed by atoms with Crippen molar-refractivity contribution in [2.45, 2.75) is 26.0 Å². The Morgan fingerprint density at radius 1 is 1.35 bits per heavy atom. The molecule has 0 saturated carbocycles. The molecule has 0 amide bonds. The van der Waals surface area contributed by atoms with Crippen LogP contribution in [0.4, 0.5) is 0 Å². The second kappa shape index (κ2) is 6.24. The van der Waals surface area contributed by atoms with Gasteiger partial charge >= 0.3 is 0 Å². The van der Waals surface area contributed by atoms with Gasteiger partial charge in [-0.1, -0.05) is 31.5 Å². The minimum absolute atomic E-state index is 0.0269. The van der Waals surface area contributed by atoms with Gasteiger partial charge in [-0.05, 0) is 25.1 Å². The van der Waals surface area contributed by atoms with E-state index in [0.717, 1.165) is 5.56 Å². The summed E-state index contributed by atoms with van der Waals surface area (Å²) in [6, 6.07) is 5.30. The van der Waals surface area contributed by atoms with Crippen molar-refractivity contribution in [2.75, 3.05) is 14.2 Å². The lowest BCUT2D eigenvalue weighted by Gasteiger charge is -2.27. The van der Waals surface area contributed by atoms with Crippen LogP contribution in [0, 0.1) is 5.92 Å². The molecule has 0 heterocycles. The van der Waals surface area contributed by atoms with Crippen molar-refractivity contribution >= 4 is 11.6 Å². The number of hydrogen-bond acceptors (Lipinski definition) is 3. The highest BCUT2D eigenvalue weighted by Crippen LogP contribution is 2.30. The number of aliphatic hydroxyl groups is 1. The molecule has 0 aliphatic carbocycles. The van der Waals surface area contributed by atoms with Crippen LogP contribution in [0.25, 0.3) is 0 Å². The minimum Gasteiger partial charge on any atom is -0.497 e. The first-order chi connectivity index (χ1) is 8.01. The monoisotopic (exact) mass is 257 g/mol. The first-order valence-electron chi connectivity index (χ1n) is 5.70. The Morgan fingerprint density at radius 2 is 2.00 bits per heavy atom. The van der Waals surface area contributed by atoms with Crippen molar-refractivity contribution in [1.82, 2.24) is 5.32 Å². The van der Waals surface area contributed by atoms with E-state index in [1.54, 1.807) is 25.3 Å². The fraction of sp³-hybridized carbons (Fsp3) is 0.538. The second-order valence-electron chi connectivity index (χ2n) is 4.39.